The number of carboxylic acids is 2. The first-order chi connectivity index (χ1) is 16.1. The van der Waals surface area contributed by atoms with Crippen LogP contribution in [-0.4, -0.2) is 87.8 Å². The molecule has 1 aromatic carbocycles. The molecule has 0 saturated carbocycles. The Morgan fingerprint density at radius 3 is 2.00 bits per heavy atom. The molecule has 4 atom stereocenters. The molecule has 3 amide bonds. The minimum atomic E-state index is -1.55. The molecule has 0 aliphatic heterocycles. The first kappa shape index (κ1) is 28.9. The predicted octanol–water partition coefficient (Wildman–Crippen LogP) is -1.68. The lowest BCUT2D eigenvalue weighted by atomic mass is 10.0. The minimum Gasteiger partial charge on any atom is -0.481 e. The lowest BCUT2D eigenvalue weighted by molar-refractivity contribution is -0.143. The highest BCUT2D eigenvalue weighted by atomic mass is 32.2. The lowest BCUT2D eigenvalue weighted by Crippen LogP contribution is -2.58. The molecule has 4 unspecified atom stereocenters. The maximum atomic E-state index is 13.1. The van der Waals surface area contributed by atoms with E-state index in [9.17, 15) is 24.0 Å². The number of amides is 3. The average molecular weight is 499 g/mol. The molecule has 0 aliphatic carbocycles. The Kier molecular flexibility index (Phi) is 12.6. The zero-order chi connectivity index (χ0) is 25.7. The van der Waals surface area contributed by atoms with Crippen LogP contribution in [0.5, 0.6) is 0 Å². The van der Waals surface area contributed by atoms with Gasteiger partial charge < -0.3 is 37.0 Å². The lowest BCUT2D eigenvalue weighted by Gasteiger charge is -2.25. The summed E-state index contributed by atoms with van der Waals surface area (Å²) in [6.07, 6.45) is 1.33. The van der Waals surface area contributed by atoms with Crippen molar-refractivity contribution in [3.8, 4) is 0 Å². The summed E-state index contributed by atoms with van der Waals surface area (Å²) in [5.74, 6) is -4.67. The molecule has 0 saturated heterocycles. The van der Waals surface area contributed by atoms with E-state index in [4.69, 9.17) is 21.1 Å². The van der Waals surface area contributed by atoms with Gasteiger partial charge in [-0.1, -0.05) is 30.3 Å². The number of nitrogens with one attached hydrogen (secondary N) is 3. The zero-order valence-corrected chi connectivity index (χ0v) is 19.4. The van der Waals surface area contributed by atoms with Crippen LogP contribution in [0.2, 0.25) is 0 Å². The molecule has 12 nitrogen and oxygen atoms in total. The topological polar surface area (TPSA) is 208 Å². The zero-order valence-electron chi connectivity index (χ0n) is 18.6. The highest BCUT2D eigenvalue weighted by Crippen LogP contribution is 2.07. The molecule has 8 N–H and O–H groups in total. The van der Waals surface area contributed by atoms with Crippen LogP contribution in [0.15, 0.2) is 30.3 Å². The second-order valence-corrected chi connectivity index (χ2v) is 8.37. The third-order valence-electron chi connectivity index (χ3n) is 4.69. The fourth-order valence-corrected chi connectivity index (χ4v) is 3.32. The number of carbonyl (C=O) groups excluding carboxylic acids is 3. The van der Waals surface area contributed by atoms with Crippen molar-refractivity contribution < 1.29 is 39.3 Å². The average Bonchev–Trinajstić information content (AvgIpc) is 2.79. The van der Waals surface area contributed by atoms with Crippen molar-refractivity contribution in [1.29, 1.82) is 0 Å². The van der Waals surface area contributed by atoms with Crippen LogP contribution in [0.1, 0.15) is 18.4 Å². The van der Waals surface area contributed by atoms with Gasteiger partial charge in [0.25, 0.3) is 0 Å². The van der Waals surface area contributed by atoms with Crippen molar-refractivity contribution in [1.82, 2.24) is 16.0 Å². The number of hydrogen-bond donors (Lipinski definition) is 7. The molecule has 0 spiro atoms. The van der Waals surface area contributed by atoms with Crippen LogP contribution in [0.4, 0.5) is 0 Å². The van der Waals surface area contributed by atoms with E-state index < -0.39 is 66.9 Å². The molecule has 0 heterocycles. The maximum Gasteiger partial charge on any atom is 0.328 e. The van der Waals surface area contributed by atoms with Gasteiger partial charge in [0, 0.05) is 6.42 Å². The van der Waals surface area contributed by atoms with Crippen molar-refractivity contribution >= 4 is 41.4 Å². The molecule has 34 heavy (non-hydrogen) atoms. The summed E-state index contributed by atoms with van der Waals surface area (Å²) in [7, 11) is 0. The molecular weight excluding hydrogens is 468 g/mol. The molecule has 188 valence electrons. The number of nitrogens with two attached hydrogens (primary N) is 1. The van der Waals surface area contributed by atoms with Crippen molar-refractivity contribution in [2.75, 3.05) is 18.6 Å². The van der Waals surface area contributed by atoms with Gasteiger partial charge in [-0.3, -0.25) is 19.2 Å². The first-order valence-corrected chi connectivity index (χ1v) is 11.7. The summed E-state index contributed by atoms with van der Waals surface area (Å²) in [6, 6.07) is 3.41. The molecule has 1 aromatic rings. The Hall–Kier alpha value is -3.16. The van der Waals surface area contributed by atoms with Gasteiger partial charge in [0.15, 0.2) is 0 Å². The molecule has 0 aromatic heterocycles. The molecule has 0 bridgehead atoms. The van der Waals surface area contributed by atoms with Crippen molar-refractivity contribution in [2.45, 2.75) is 43.4 Å². The summed E-state index contributed by atoms with van der Waals surface area (Å²) in [5.41, 5.74) is 6.29. The SMILES string of the molecule is CSCCC(NC(=O)C(Cc1ccccc1)NC(=O)C(N)CC(=O)O)C(=O)NC(CO)C(=O)O. The highest BCUT2D eigenvalue weighted by Gasteiger charge is 2.30. The van der Waals surface area contributed by atoms with Crippen molar-refractivity contribution in [3.05, 3.63) is 35.9 Å². The van der Waals surface area contributed by atoms with Crippen LogP contribution >= 0.6 is 11.8 Å². The third kappa shape index (κ3) is 10.2. The normalized spacial score (nSPS) is 14.2. The van der Waals surface area contributed by atoms with Crippen LogP contribution < -0.4 is 21.7 Å². The number of benzene rings is 1. The highest BCUT2D eigenvalue weighted by molar-refractivity contribution is 7.98. The van der Waals surface area contributed by atoms with Crippen LogP contribution in [0.25, 0.3) is 0 Å². The van der Waals surface area contributed by atoms with E-state index in [-0.39, 0.29) is 12.8 Å². The number of rotatable bonds is 15. The van der Waals surface area contributed by atoms with E-state index in [1.165, 1.54) is 11.8 Å². The van der Waals surface area contributed by atoms with Gasteiger partial charge in [0.2, 0.25) is 17.7 Å². The predicted molar refractivity (Wildman–Crippen MR) is 124 cm³/mol. The number of hydrogen-bond acceptors (Lipinski definition) is 8. The van der Waals surface area contributed by atoms with Gasteiger partial charge in [-0.25, -0.2) is 4.79 Å². The molecule has 1 rings (SSSR count). The smallest absolute Gasteiger partial charge is 0.328 e. The summed E-state index contributed by atoms with van der Waals surface area (Å²) < 4.78 is 0. The van der Waals surface area contributed by atoms with E-state index in [0.717, 1.165) is 0 Å². The number of aliphatic hydroxyl groups is 1. The quantitative estimate of drug-likeness (QED) is 0.146. The molecular formula is C21H30N4O8S. The van der Waals surface area contributed by atoms with Crippen molar-refractivity contribution in [2.24, 2.45) is 5.73 Å². The standard InChI is InChI=1S/C21H30N4O8S/c1-34-8-7-14(19(30)25-16(11-26)21(32)33)23-20(31)15(9-12-5-3-2-4-6-12)24-18(29)13(22)10-17(27)28/h2-6,13-16,26H,7-11,22H2,1H3,(H,23,31)(H,24,29)(H,25,30)(H,27,28)(H,32,33). The van der Waals surface area contributed by atoms with Crippen molar-refractivity contribution in [3.63, 3.8) is 0 Å². The molecule has 0 aliphatic rings. The summed E-state index contributed by atoms with van der Waals surface area (Å²) in [4.78, 5) is 60.0. The number of aliphatic carboxylic acids is 2. The van der Waals surface area contributed by atoms with Crippen LogP contribution in [-0.2, 0) is 30.4 Å². The number of carboxylic acid groups (broad SMARTS) is 2. The first-order valence-electron chi connectivity index (χ1n) is 10.3. The number of thioether (sulfide) groups is 1. The molecule has 0 fully saturated rings. The summed E-state index contributed by atoms with van der Waals surface area (Å²) in [6.45, 7) is -0.835. The van der Waals surface area contributed by atoms with E-state index >= 15 is 0 Å². The fourth-order valence-electron chi connectivity index (χ4n) is 2.85. The van der Waals surface area contributed by atoms with Gasteiger partial charge in [-0.05, 0) is 24.0 Å². The maximum absolute atomic E-state index is 13.1. The fraction of sp³-hybridized carbons (Fsp3) is 0.476. The number of aliphatic hydroxyl groups excluding tert-OH is 1. The van der Waals surface area contributed by atoms with Gasteiger partial charge in [-0.15, -0.1) is 0 Å². The Balaban J connectivity index is 3.05. The second kappa shape index (κ2) is 14.9. The molecule has 0 radical (unpaired) electrons. The third-order valence-corrected chi connectivity index (χ3v) is 5.33. The Morgan fingerprint density at radius 2 is 1.47 bits per heavy atom. The molecule has 13 heteroatoms. The minimum absolute atomic E-state index is 0.0312. The monoisotopic (exact) mass is 498 g/mol. The Morgan fingerprint density at radius 1 is 0.912 bits per heavy atom. The Bertz CT molecular complexity index is 854. The number of carbonyl (C=O) groups is 5. The Labute approximate surface area is 200 Å². The van der Waals surface area contributed by atoms with Gasteiger partial charge in [0.1, 0.15) is 18.1 Å². The van der Waals surface area contributed by atoms with E-state index in [1.54, 1.807) is 36.6 Å². The van der Waals surface area contributed by atoms with Gasteiger partial charge in [0.05, 0.1) is 19.1 Å². The van der Waals surface area contributed by atoms with Gasteiger partial charge >= 0.3 is 11.9 Å². The van der Waals surface area contributed by atoms with E-state index in [1.807, 2.05) is 0 Å². The summed E-state index contributed by atoms with van der Waals surface area (Å²) >= 11 is 1.40. The van der Waals surface area contributed by atoms with Gasteiger partial charge in [-0.2, -0.15) is 11.8 Å². The largest absolute Gasteiger partial charge is 0.481 e. The summed E-state index contributed by atoms with van der Waals surface area (Å²) in [5, 5.41) is 34.2. The van der Waals surface area contributed by atoms with Crippen LogP contribution in [0, 0.1) is 0 Å². The van der Waals surface area contributed by atoms with E-state index in [0.29, 0.717) is 11.3 Å². The van der Waals surface area contributed by atoms with E-state index in [2.05, 4.69) is 16.0 Å². The second-order valence-electron chi connectivity index (χ2n) is 7.38. The van der Waals surface area contributed by atoms with Crippen LogP contribution in [0.3, 0.4) is 0 Å².